The van der Waals surface area contributed by atoms with Crippen molar-refractivity contribution in [2.45, 2.75) is 13.3 Å². The summed E-state index contributed by atoms with van der Waals surface area (Å²) in [4.78, 5) is 14.2. The molecule has 1 aliphatic heterocycles. The largest absolute Gasteiger partial charge is 0.360 e. The van der Waals surface area contributed by atoms with Gasteiger partial charge in [0.1, 0.15) is 17.5 Å². The molecular formula is C17H15FN4. The van der Waals surface area contributed by atoms with Crippen LogP contribution < -0.4 is 4.90 Å². The Labute approximate surface area is 127 Å². The van der Waals surface area contributed by atoms with Crippen LogP contribution in [0.1, 0.15) is 11.4 Å². The normalized spacial score (nSPS) is 13.5. The van der Waals surface area contributed by atoms with E-state index in [0.717, 1.165) is 41.4 Å². The van der Waals surface area contributed by atoms with Crippen LogP contribution in [0.2, 0.25) is 0 Å². The van der Waals surface area contributed by atoms with Gasteiger partial charge >= 0.3 is 0 Å². The number of halogens is 1. The molecule has 0 amide bonds. The van der Waals surface area contributed by atoms with Gasteiger partial charge in [-0.2, -0.15) is 0 Å². The van der Waals surface area contributed by atoms with E-state index in [0.29, 0.717) is 5.82 Å². The lowest BCUT2D eigenvalue weighted by molar-refractivity contribution is 0.628. The Morgan fingerprint density at radius 1 is 1.18 bits per heavy atom. The summed E-state index contributed by atoms with van der Waals surface area (Å²) in [6.45, 7) is 2.68. The molecule has 0 fully saturated rings. The summed E-state index contributed by atoms with van der Waals surface area (Å²) in [6, 6.07) is 10.8. The van der Waals surface area contributed by atoms with Crippen molar-refractivity contribution in [1.29, 1.82) is 0 Å². The monoisotopic (exact) mass is 294 g/mol. The molecule has 1 aliphatic rings. The molecule has 0 aliphatic carbocycles. The Kier molecular flexibility index (Phi) is 2.92. The zero-order valence-corrected chi connectivity index (χ0v) is 12.2. The fraction of sp³-hybridized carbons (Fsp3) is 0.176. The van der Waals surface area contributed by atoms with Gasteiger partial charge in [0.2, 0.25) is 0 Å². The van der Waals surface area contributed by atoms with Gasteiger partial charge in [-0.3, -0.25) is 0 Å². The number of aryl methyl sites for hydroxylation is 1. The molecule has 2 aromatic heterocycles. The summed E-state index contributed by atoms with van der Waals surface area (Å²) in [7, 11) is 0. The van der Waals surface area contributed by atoms with Crippen LogP contribution in [-0.4, -0.2) is 21.5 Å². The molecule has 0 saturated heterocycles. The molecule has 0 unspecified atom stereocenters. The third-order valence-corrected chi connectivity index (χ3v) is 3.92. The smallest absolute Gasteiger partial charge is 0.137 e. The zero-order valence-electron chi connectivity index (χ0n) is 12.2. The van der Waals surface area contributed by atoms with Crippen molar-refractivity contribution >= 4 is 11.5 Å². The maximum Gasteiger partial charge on any atom is 0.137 e. The molecule has 1 N–H and O–H groups in total. The summed E-state index contributed by atoms with van der Waals surface area (Å²) in [5.74, 6) is 1.29. The lowest BCUT2D eigenvalue weighted by Crippen LogP contribution is -2.16. The predicted octanol–water partition coefficient (Wildman–Crippen LogP) is 3.61. The molecule has 22 heavy (non-hydrogen) atoms. The molecule has 0 bridgehead atoms. The van der Waals surface area contributed by atoms with E-state index in [2.05, 4.69) is 19.9 Å². The number of aromatic amines is 1. The standard InChI is InChI=1S/C17H15FN4/c1-11-20-15(14-3-2-7-19-14)10-17(21-11)22-8-6-12-4-5-13(18)9-16(12)22/h2-5,7,9-10,19H,6,8H2,1H3. The van der Waals surface area contributed by atoms with E-state index in [1.165, 1.54) is 6.07 Å². The summed E-state index contributed by atoms with van der Waals surface area (Å²) in [6.07, 6.45) is 2.77. The second-order valence-electron chi connectivity index (χ2n) is 5.42. The third-order valence-electron chi connectivity index (χ3n) is 3.92. The quantitative estimate of drug-likeness (QED) is 0.785. The van der Waals surface area contributed by atoms with E-state index in [1.54, 1.807) is 6.07 Å². The van der Waals surface area contributed by atoms with Gasteiger partial charge in [0, 0.05) is 24.5 Å². The molecule has 0 spiro atoms. The Balaban J connectivity index is 1.80. The Morgan fingerprint density at radius 2 is 2.09 bits per heavy atom. The summed E-state index contributed by atoms with van der Waals surface area (Å²) < 4.78 is 13.6. The van der Waals surface area contributed by atoms with Crippen LogP contribution in [0.15, 0.2) is 42.6 Å². The number of rotatable bonds is 2. The highest BCUT2D eigenvalue weighted by molar-refractivity contribution is 5.70. The van der Waals surface area contributed by atoms with Crippen LogP contribution in [0.25, 0.3) is 11.4 Å². The van der Waals surface area contributed by atoms with Crippen LogP contribution in [0, 0.1) is 12.7 Å². The van der Waals surface area contributed by atoms with Crippen molar-refractivity contribution in [3.63, 3.8) is 0 Å². The molecule has 1 aromatic carbocycles. The molecule has 5 heteroatoms. The van der Waals surface area contributed by atoms with Crippen LogP contribution in [0.4, 0.5) is 15.9 Å². The summed E-state index contributed by atoms with van der Waals surface area (Å²) in [5.41, 5.74) is 3.84. The minimum Gasteiger partial charge on any atom is -0.360 e. The van der Waals surface area contributed by atoms with E-state index < -0.39 is 0 Å². The van der Waals surface area contributed by atoms with E-state index in [4.69, 9.17) is 0 Å². The van der Waals surface area contributed by atoms with Gasteiger partial charge in [0.05, 0.1) is 11.4 Å². The molecule has 4 nitrogen and oxygen atoms in total. The Bertz CT molecular complexity index is 827. The van der Waals surface area contributed by atoms with Crippen LogP contribution in [0.5, 0.6) is 0 Å². The van der Waals surface area contributed by atoms with Crippen molar-refractivity contribution in [3.8, 4) is 11.4 Å². The fourth-order valence-corrected chi connectivity index (χ4v) is 2.91. The average Bonchev–Trinajstić information content (AvgIpc) is 3.16. The van der Waals surface area contributed by atoms with Gasteiger partial charge in [0.25, 0.3) is 0 Å². The van der Waals surface area contributed by atoms with Crippen molar-refractivity contribution < 1.29 is 4.39 Å². The highest BCUT2D eigenvalue weighted by atomic mass is 19.1. The molecular weight excluding hydrogens is 279 g/mol. The second kappa shape index (κ2) is 4.94. The van der Waals surface area contributed by atoms with Crippen LogP contribution in [0.3, 0.4) is 0 Å². The maximum atomic E-state index is 13.6. The lowest BCUT2D eigenvalue weighted by atomic mass is 10.2. The molecule has 0 radical (unpaired) electrons. The highest BCUT2D eigenvalue weighted by Crippen LogP contribution is 2.35. The minimum atomic E-state index is -0.221. The minimum absolute atomic E-state index is 0.221. The number of hydrogen-bond acceptors (Lipinski definition) is 3. The maximum absolute atomic E-state index is 13.6. The summed E-state index contributed by atoms with van der Waals surface area (Å²) in [5, 5.41) is 0. The van der Waals surface area contributed by atoms with Gasteiger partial charge in [0.15, 0.2) is 0 Å². The first-order valence-electron chi connectivity index (χ1n) is 7.26. The molecule has 3 heterocycles. The first-order chi connectivity index (χ1) is 10.7. The van der Waals surface area contributed by atoms with Crippen molar-refractivity contribution in [2.24, 2.45) is 0 Å². The zero-order chi connectivity index (χ0) is 15.1. The van der Waals surface area contributed by atoms with Crippen molar-refractivity contribution in [1.82, 2.24) is 15.0 Å². The fourth-order valence-electron chi connectivity index (χ4n) is 2.91. The SMILES string of the molecule is Cc1nc(-c2ccc[nH]2)cc(N2CCc3ccc(F)cc32)n1. The third kappa shape index (κ3) is 2.15. The number of anilines is 2. The second-order valence-corrected chi connectivity index (χ2v) is 5.42. The number of hydrogen-bond donors (Lipinski definition) is 1. The van der Waals surface area contributed by atoms with E-state index in [1.807, 2.05) is 37.4 Å². The van der Waals surface area contributed by atoms with Crippen LogP contribution in [-0.2, 0) is 6.42 Å². The highest BCUT2D eigenvalue weighted by Gasteiger charge is 2.23. The first kappa shape index (κ1) is 13.0. The number of H-pyrrole nitrogens is 1. The van der Waals surface area contributed by atoms with Crippen molar-refractivity contribution in [3.05, 3.63) is 59.8 Å². The number of benzene rings is 1. The molecule has 110 valence electrons. The first-order valence-corrected chi connectivity index (χ1v) is 7.26. The van der Waals surface area contributed by atoms with Gasteiger partial charge in [-0.15, -0.1) is 0 Å². The Hall–Kier alpha value is -2.69. The van der Waals surface area contributed by atoms with Gasteiger partial charge in [-0.1, -0.05) is 6.07 Å². The molecule has 0 atom stereocenters. The number of aromatic nitrogens is 3. The van der Waals surface area contributed by atoms with Crippen LogP contribution >= 0.6 is 0 Å². The predicted molar refractivity (Wildman–Crippen MR) is 83.7 cm³/mol. The summed E-state index contributed by atoms with van der Waals surface area (Å²) >= 11 is 0. The van der Waals surface area contributed by atoms with Gasteiger partial charge in [-0.05, 0) is 43.2 Å². The van der Waals surface area contributed by atoms with E-state index in [9.17, 15) is 4.39 Å². The van der Waals surface area contributed by atoms with E-state index >= 15 is 0 Å². The Morgan fingerprint density at radius 3 is 2.91 bits per heavy atom. The number of nitrogens with zero attached hydrogens (tertiary/aromatic N) is 3. The average molecular weight is 294 g/mol. The van der Waals surface area contributed by atoms with E-state index in [-0.39, 0.29) is 5.82 Å². The van der Waals surface area contributed by atoms with Gasteiger partial charge < -0.3 is 9.88 Å². The molecule has 4 rings (SSSR count). The topological polar surface area (TPSA) is 44.8 Å². The van der Waals surface area contributed by atoms with Gasteiger partial charge in [-0.25, -0.2) is 14.4 Å². The molecule has 0 saturated carbocycles. The number of nitrogens with one attached hydrogen (secondary N) is 1. The molecule has 3 aromatic rings. The van der Waals surface area contributed by atoms with Crippen molar-refractivity contribution in [2.75, 3.05) is 11.4 Å². The number of fused-ring (bicyclic) bond motifs is 1. The lowest BCUT2D eigenvalue weighted by Gasteiger charge is -2.19.